The molecule has 1 rings (SSSR count). The Balaban J connectivity index is 3.04. The third-order valence-corrected chi connectivity index (χ3v) is 2.36. The summed E-state index contributed by atoms with van der Waals surface area (Å²) in [5.74, 6) is 0.484. The van der Waals surface area contributed by atoms with Crippen LogP contribution in [0.2, 0.25) is 0 Å². The van der Waals surface area contributed by atoms with Gasteiger partial charge in [0.05, 0.1) is 6.10 Å². The van der Waals surface area contributed by atoms with E-state index >= 15 is 0 Å². The minimum atomic E-state index is -0.307. The number of aliphatic hydroxyl groups excluding tert-OH is 1. The molecule has 0 amide bonds. The summed E-state index contributed by atoms with van der Waals surface area (Å²) in [5.41, 5.74) is 2.34. The van der Waals surface area contributed by atoms with E-state index in [9.17, 15) is 5.11 Å². The summed E-state index contributed by atoms with van der Waals surface area (Å²) >= 11 is 0. The van der Waals surface area contributed by atoms with Crippen molar-refractivity contribution in [1.82, 2.24) is 0 Å². The van der Waals surface area contributed by atoms with Gasteiger partial charge in [-0.3, -0.25) is 0 Å². The topological polar surface area (TPSA) is 20.2 Å². The number of benzene rings is 1. The summed E-state index contributed by atoms with van der Waals surface area (Å²) < 4.78 is 0. The molecule has 0 heterocycles. The third kappa shape index (κ3) is 2.31. The fourth-order valence-corrected chi connectivity index (χ4v) is 1.56. The zero-order valence-electron chi connectivity index (χ0n) is 8.62. The van der Waals surface area contributed by atoms with Gasteiger partial charge in [-0.1, -0.05) is 45.0 Å². The maximum atomic E-state index is 9.76. The Kier molecular flexibility index (Phi) is 3.49. The molecular formula is C12H18O. The second-order valence-electron chi connectivity index (χ2n) is 3.71. The van der Waals surface area contributed by atoms with Crippen molar-refractivity contribution in [3.8, 4) is 0 Å². The number of hydrogen-bond acceptors (Lipinski definition) is 1. The second-order valence-corrected chi connectivity index (χ2v) is 3.71. The van der Waals surface area contributed by atoms with Gasteiger partial charge < -0.3 is 5.11 Å². The van der Waals surface area contributed by atoms with E-state index in [2.05, 4.69) is 19.9 Å². The maximum absolute atomic E-state index is 9.76. The molecule has 0 radical (unpaired) electrons. The molecule has 1 N–H and O–H groups in total. The van der Waals surface area contributed by atoms with Crippen LogP contribution in [0.3, 0.4) is 0 Å². The molecule has 1 nitrogen and oxygen atoms in total. The smallest absolute Gasteiger partial charge is 0.0790 e. The quantitative estimate of drug-likeness (QED) is 0.753. The van der Waals surface area contributed by atoms with Crippen LogP contribution in [0, 0.1) is 0 Å². The average Bonchev–Trinajstić information content (AvgIpc) is 2.16. The first-order valence-corrected chi connectivity index (χ1v) is 4.93. The first-order chi connectivity index (χ1) is 6.16. The van der Waals surface area contributed by atoms with Crippen LogP contribution < -0.4 is 0 Å². The van der Waals surface area contributed by atoms with E-state index in [1.54, 1.807) is 0 Å². The van der Waals surface area contributed by atoms with Gasteiger partial charge >= 0.3 is 0 Å². The Morgan fingerprint density at radius 2 is 1.69 bits per heavy atom. The fraction of sp³-hybridized carbons (Fsp3) is 0.500. The van der Waals surface area contributed by atoms with Gasteiger partial charge in [-0.2, -0.15) is 0 Å². The van der Waals surface area contributed by atoms with Gasteiger partial charge in [0.15, 0.2) is 0 Å². The average molecular weight is 178 g/mol. The van der Waals surface area contributed by atoms with E-state index in [4.69, 9.17) is 0 Å². The SMILES string of the molecule is CCC(O)c1ccccc1C(C)C. The van der Waals surface area contributed by atoms with Crippen LogP contribution in [0.5, 0.6) is 0 Å². The number of rotatable bonds is 3. The Bertz CT molecular complexity index is 266. The highest BCUT2D eigenvalue weighted by molar-refractivity contribution is 5.31. The van der Waals surface area contributed by atoms with Gasteiger partial charge in [0.1, 0.15) is 0 Å². The summed E-state index contributed by atoms with van der Waals surface area (Å²) in [6.07, 6.45) is 0.475. The molecule has 0 aromatic heterocycles. The van der Waals surface area contributed by atoms with E-state index < -0.39 is 0 Å². The molecule has 0 saturated heterocycles. The summed E-state index contributed by atoms with van der Waals surface area (Å²) in [6.45, 7) is 6.31. The van der Waals surface area contributed by atoms with E-state index in [0.717, 1.165) is 12.0 Å². The molecule has 1 aromatic carbocycles. The molecule has 72 valence electrons. The van der Waals surface area contributed by atoms with Crippen molar-refractivity contribution in [1.29, 1.82) is 0 Å². The molecule has 0 bridgehead atoms. The molecule has 0 spiro atoms. The van der Waals surface area contributed by atoms with Crippen molar-refractivity contribution in [2.45, 2.75) is 39.2 Å². The van der Waals surface area contributed by atoms with E-state index in [0.29, 0.717) is 5.92 Å². The highest BCUT2D eigenvalue weighted by Gasteiger charge is 2.11. The second kappa shape index (κ2) is 4.43. The van der Waals surface area contributed by atoms with Crippen molar-refractivity contribution < 1.29 is 5.11 Å². The normalized spacial score (nSPS) is 13.3. The lowest BCUT2D eigenvalue weighted by Gasteiger charge is -2.16. The molecule has 1 atom stereocenters. The maximum Gasteiger partial charge on any atom is 0.0790 e. The largest absolute Gasteiger partial charge is 0.388 e. The molecule has 0 fully saturated rings. The number of hydrogen-bond donors (Lipinski definition) is 1. The van der Waals surface area contributed by atoms with Crippen molar-refractivity contribution in [2.75, 3.05) is 0 Å². The molecule has 1 heteroatoms. The molecule has 0 saturated carbocycles. The zero-order chi connectivity index (χ0) is 9.84. The van der Waals surface area contributed by atoms with Crippen LogP contribution in [0.15, 0.2) is 24.3 Å². The van der Waals surface area contributed by atoms with Crippen molar-refractivity contribution in [3.63, 3.8) is 0 Å². The molecule has 13 heavy (non-hydrogen) atoms. The molecule has 1 unspecified atom stereocenters. The molecule has 0 aliphatic carbocycles. The molecule has 1 aromatic rings. The predicted molar refractivity (Wildman–Crippen MR) is 55.8 cm³/mol. The van der Waals surface area contributed by atoms with Crippen molar-refractivity contribution in [3.05, 3.63) is 35.4 Å². The Labute approximate surface area is 80.4 Å². The molecule has 0 aliphatic heterocycles. The van der Waals surface area contributed by atoms with Gasteiger partial charge in [-0.25, -0.2) is 0 Å². The van der Waals surface area contributed by atoms with Crippen molar-refractivity contribution in [2.24, 2.45) is 0 Å². The lowest BCUT2D eigenvalue weighted by molar-refractivity contribution is 0.172. The van der Waals surface area contributed by atoms with Gasteiger partial charge in [0, 0.05) is 0 Å². The standard InChI is InChI=1S/C12H18O/c1-4-12(13)11-8-6-5-7-10(11)9(2)3/h5-9,12-13H,4H2,1-3H3. The highest BCUT2D eigenvalue weighted by Crippen LogP contribution is 2.26. The highest BCUT2D eigenvalue weighted by atomic mass is 16.3. The first kappa shape index (κ1) is 10.3. The van der Waals surface area contributed by atoms with Crippen LogP contribution in [-0.2, 0) is 0 Å². The zero-order valence-corrected chi connectivity index (χ0v) is 8.62. The van der Waals surface area contributed by atoms with Crippen LogP contribution in [0.1, 0.15) is 50.3 Å². The van der Waals surface area contributed by atoms with Gasteiger partial charge in [-0.05, 0) is 23.5 Å². The Morgan fingerprint density at radius 1 is 1.15 bits per heavy atom. The summed E-state index contributed by atoms with van der Waals surface area (Å²) in [5, 5.41) is 9.76. The van der Waals surface area contributed by atoms with E-state index in [1.807, 2.05) is 25.1 Å². The minimum absolute atomic E-state index is 0.307. The van der Waals surface area contributed by atoms with Gasteiger partial charge in [-0.15, -0.1) is 0 Å². The summed E-state index contributed by atoms with van der Waals surface area (Å²) in [6, 6.07) is 8.13. The lowest BCUT2D eigenvalue weighted by Crippen LogP contribution is -2.01. The van der Waals surface area contributed by atoms with Crippen LogP contribution in [-0.4, -0.2) is 5.11 Å². The molecule has 0 aliphatic rings. The third-order valence-electron chi connectivity index (χ3n) is 2.36. The van der Waals surface area contributed by atoms with E-state index in [-0.39, 0.29) is 6.10 Å². The van der Waals surface area contributed by atoms with E-state index in [1.165, 1.54) is 5.56 Å². The van der Waals surface area contributed by atoms with Gasteiger partial charge in [0.25, 0.3) is 0 Å². The predicted octanol–water partition coefficient (Wildman–Crippen LogP) is 3.25. The summed E-state index contributed by atoms with van der Waals surface area (Å²) in [4.78, 5) is 0. The van der Waals surface area contributed by atoms with Crippen LogP contribution in [0.25, 0.3) is 0 Å². The van der Waals surface area contributed by atoms with Gasteiger partial charge in [0.2, 0.25) is 0 Å². The monoisotopic (exact) mass is 178 g/mol. The van der Waals surface area contributed by atoms with Crippen LogP contribution >= 0.6 is 0 Å². The van der Waals surface area contributed by atoms with Crippen molar-refractivity contribution >= 4 is 0 Å². The fourth-order valence-electron chi connectivity index (χ4n) is 1.56. The Morgan fingerprint density at radius 3 is 2.15 bits per heavy atom. The molecular weight excluding hydrogens is 160 g/mol. The number of aliphatic hydroxyl groups is 1. The minimum Gasteiger partial charge on any atom is -0.388 e. The lowest BCUT2D eigenvalue weighted by atomic mass is 9.93. The Hall–Kier alpha value is -0.820. The van der Waals surface area contributed by atoms with Crippen LogP contribution in [0.4, 0.5) is 0 Å². The summed E-state index contributed by atoms with van der Waals surface area (Å²) in [7, 11) is 0. The first-order valence-electron chi connectivity index (χ1n) is 4.93.